The van der Waals surface area contributed by atoms with Crippen LogP contribution >= 0.6 is 11.8 Å². The van der Waals surface area contributed by atoms with Crippen molar-refractivity contribution in [1.82, 2.24) is 0 Å². The predicted molar refractivity (Wildman–Crippen MR) is 84.1 cm³/mol. The molecule has 120 valence electrons. The highest BCUT2D eigenvalue weighted by atomic mass is 32.2. The molecular weight excluding hydrogens is 326 g/mol. The summed E-state index contributed by atoms with van der Waals surface area (Å²) in [5.41, 5.74) is 0.521. The van der Waals surface area contributed by atoms with Gasteiger partial charge in [-0.05, 0) is 25.1 Å². The molecule has 0 bridgehead atoms. The first kappa shape index (κ1) is 16.9. The Balaban J connectivity index is 2.30. The fourth-order valence-electron chi connectivity index (χ4n) is 2.00. The standard InChI is InChI=1S/C15H12F2N2O3S/c1-9-11(6-4-7-12(9)19(21)22)18-14(20)10-5-2-3-8-13(10)23-15(16)17/h2-8,15H,1H3,(H,18,20). The van der Waals surface area contributed by atoms with E-state index in [1.165, 1.54) is 37.3 Å². The summed E-state index contributed by atoms with van der Waals surface area (Å²) < 4.78 is 25.1. The quantitative estimate of drug-likeness (QED) is 0.496. The third-order valence-corrected chi connectivity index (χ3v) is 3.89. The summed E-state index contributed by atoms with van der Waals surface area (Å²) in [6.45, 7) is 1.51. The number of anilines is 1. The molecule has 0 fully saturated rings. The van der Waals surface area contributed by atoms with E-state index in [1.54, 1.807) is 12.1 Å². The van der Waals surface area contributed by atoms with Crippen molar-refractivity contribution in [1.29, 1.82) is 0 Å². The monoisotopic (exact) mass is 338 g/mol. The number of amides is 1. The van der Waals surface area contributed by atoms with Gasteiger partial charge < -0.3 is 5.32 Å². The van der Waals surface area contributed by atoms with Crippen LogP contribution in [0.15, 0.2) is 47.4 Å². The Morgan fingerprint density at radius 2 is 1.91 bits per heavy atom. The van der Waals surface area contributed by atoms with Gasteiger partial charge in [-0.2, -0.15) is 8.78 Å². The summed E-state index contributed by atoms with van der Waals surface area (Å²) in [6.07, 6.45) is 0. The Bertz CT molecular complexity index is 753. The fourth-order valence-corrected chi connectivity index (χ4v) is 2.64. The highest BCUT2D eigenvalue weighted by Gasteiger charge is 2.18. The molecule has 0 aliphatic rings. The lowest BCUT2D eigenvalue weighted by atomic mass is 10.1. The smallest absolute Gasteiger partial charge is 0.288 e. The minimum absolute atomic E-state index is 0.0868. The number of alkyl halides is 2. The van der Waals surface area contributed by atoms with Crippen molar-refractivity contribution in [2.24, 2.45) is 0 Å². The molecule has 8 heteroatoms. The van der Waals surface area contributed by atoms with Crippen molar-refractivity contribution < 1.29 is 18.5 Å². The van der Waals surface area contributed by atoms with Gasteiger partial charge in [-0.15, -0.1) is 0 Å². The molecule has 0 aliphatic heterocycles. The summed E-state index contributed by atoms with van der Waals surface area (Å²) >= 11 is 0.274. The van der Waals surface area contributed by atoms with Gasteiger partial charge in [-0.25, -0.2) is 0 Å². The molecule has 0 radical (unpaired) electrons. The van der Waals surface area contributed by atoms with E-state index in [9.17, 15) is 23.7 Å². The van der Waals surface area contributed by atoms with E-state index in [1.807, 2.05) is 0 Å². The molecule has 0 heterocycles. The van der Waals surface area contributed by atoms with Gasteiger partial charge in [0.1, 0.15) is 0 Å². The van der Waals surface area contributed by atoms with Gasteiger partial charge in [0.2, 0.25) is 0 Å². The molecule has 2 aromatic carbocycles. The number of benzene rings is 2. The number of halogens is 2. The average Bonchev–Trinajstić information content (AvgIpc) is 2.49. The lowest BCUT2D eigenvalue weighted by molar-refractivity contribution is -0.385. The number of carbonyl (C=O) groups is 1. The zero-order valence-corrected chi connectivity index (χ0v) is 12.8. The first-order chi connectivity index (χ1) is 10.9. The van der Waals surface area contributed by atoms with Gasteiger partial charge in [0.25, 0.3) is 17.4 Å². The van der Waals surface area contributed by atoms with Crippen LogP contribution in [0.3, 0.4) is 0 Å². The van der Waals surface area contributed by atoms with Crippen LogP contribution in [0, 0.1) is 17.0 Å². The number of nitro benzene ring substituents is 1. The van der Waals surface area contributed by atoms with Gasteiger partial charge in [-0.3, -0.25) is 14.9 Å². The number of nitrogens with zero attached hydrogens (tertiary/aromatic N) is 1. The van der Waals surface area contributed by atoms with E-state index in [0.29, 0.717) is 5.56 Å². The minimum atomic E-state index is -2.65. The third kappa shape index (κ3) is 4.04. The number of nitrogens with one attached hydrogen (secondary N) is 1. The first-order valence-electron chi connectivity index (χ1n) is 6.49. The Morgan fingerprint density at radius 3 is 2.57 bits per heavy atom. The SMILES string of the molecule is Cc1c(NC(=O)c2ccccc2SC(F)F)cccc1[N+](=O)[O-]. The molecule has 0 atom stereocenters. The number of carbonyl (C=O) groups excluding carboxylic acids is 1. The largest absolute Gasteiger partial charge is 0.321 e. The van der Waals surface area contributed by atoms with Gasteiger partial charge in [0, 0.05) is 11.0 Å². The Hall–Kier alpha value is -2.48. The zero-order valence-electron chi connectivity index (χ0n) is 12.0. The number of hydrogen-bond donors (Lipinski definition) is 1. The summed E-state index contributed by atoms with van der Waals surface area (Å²) in [4.78, 5) is 22.8. The van der Waals surface area contributed by atoms with Crippen LogP contribution in [-0.2, 0) is 0 Å². The molecule has 0 saturated heterocycles. The van der Waals surface area contributed by atoms with Crippen molar-refractivity contribution >= 4 is 29.0 Å². The minimum Gasteiger partial charge on any atom is -0.321 e. The fraction of sp³-hybridized carbons (Fsp3) is 0.133. The lowest BCUT2D eigenvalue weighted by Crippen LogP contribution is -2.14. The molecule has 0 aromatic heterocycles. The lowest BCUT2D eigenvalue weighted by Gasteiger charge is -2.11. The first-order valence-corrected chi connectivity index (χ1v) is 7.37. The normalized spacial score (nSPS) is 10.6. The second-order valence-corrected chi connectivity index (χ2v) is 5.57. The topological polar surface area (TPSA) is 72.2 Å². The predicted octanol–water partition coefficient (Wildman–Crippen LogP) is 4.47. The van der Waals surface area contributed by atoms with Crippen molar-refractivity contribution in [3.63, 3.8) is 0 Å². The molecule has 0 unspecified atom stereocenters. The van der Waals surface area contributed by atoms with Crippen LogP contribution in [0.5, 0.6) is 0 Å². The molecular formula is C15H12F2N2O3S. The maximum atomic E-state index is 12.6. The summed E-state index contributed by atoms with van der Waals surface area (Å²) in [7, 11) is 0. The van der Waals surface area contributed by atoms with Crippen molar-refractivity contribution in [2.75, 3.05) is 5.32 Å². The molecule has 1 amide bonds. The molecule has 5 nitrogen and oxygen atoms in total. The molecule has 2 rings (SSSR count). The van der Waals surface area contributed by atoms with Crippen LogP contribution in [0.4, 0.5) is 20.2 Å². The Labute approximate surface area is 134 Å². The third-order valence-electron chi connectivity index (χ3n) is 3.10. The average molecular weight is 338 g/mol. The van der Waals surface area contributed by atoms with Gasteiger partial charge in [-0.1, -0.05) is 30.0 Å². The maximum absolute atomic E-state index is 12.6. The Morgan fingerprint density at radius 1 is 1.22 bits per heavy atom. The number of hydrogen-bond acceptors (Lipinski definition) is 4. The van der Waals surface area contributed by atoms with Gasteiger partial charge in [0.15, 0.2) is 0 Å². The maximum Gasteiger partial charge on any atom is 0.288 e. The highest BCUT2D eigenvalue weighted by molar-refractivity contribution is 7.99. The Kier molecular flexibility index (Phi) is 5.28. The van der Waals surface area contributed by atoms with E-state index in [4.69, 9.17) is 0 Å². The molecule has 0 aliphatic carbocycles. The van der Waals surface area contributed by atoms with E-state index in [2.05, 4.69) is 5.32 Å². The van der Waals surface area contributed by atoms with Gasteiger partial charge >= 0.3 is 0 Å². The number of nitro groups is 1. The molecule has 23 heavy (non-hydrogen) atoms. The van der Waals surface area contributed by atoms with Crippen LogP contribution in [0.25, 0.3) is 0 Å². The van der Waals surface area contributed by atoms with E-state index >= 15 is 0 Å². The zero-order chi connectivity index (χ0) is 17.0. The van der Waals surface area contributed by atoms with Crippen LogP contribution in [0.2, 0.25) is 0 Å². The van der Waals surface area contributed by atoms with Crippen molar-refractivity contribution in [3.8, 4) is 0 Å². The molecule has 1 N–H and O–H groups in total. The van der Waals surface area contributed by atoms with E-state index in [-0.39, 0.29) is 33.6 Å². The molecule has 0 saturated carbocycles. The second-order valence-electron chi connectivity index (χ2n) is 4.54. The summed E-state index contributed by atoms with van der Waals surface area (Å²) in [6, 6.07) is 10.2. The highest BCUT2D eigenvalue weighted by Crippen LogP contribution is 2.30. The van der Waals surface area contributed by atoms with Crippen LogP contribution < -0.4 is 5.32 Å². The van der Waals surface area contributed by atoms with Gasteiger partial charge in [0.05, 0.1) is 21.7 Å². The van der Waals surface area contributed by atoms with E-state index < -0.39 is 16.6 Å². The molecule has 2 aromatic rings. The van der Waals surface area contributed by atoms with E-state index in [0.717, 1.165) is 0 Å². The summed E-state index contributed by atoms with van der Waals surface area (Å²) in [5.74, 6) is -3.25. The summed E-state index contributed by atoms with van der Waals surface area (Å²) in [5, 5.41) is 13.4. The second kappa shape index (κ2) is 7.19. The van der Waals surface area contributed by atoms with Crippen LogP contribution in [0.1, 0.15) is 15.9 Å². The molecule has 0 spiro atoms. The van der Waals surface area contributed by atoms with Crippen molar-refractivity contribution in [2.45, 2.75) is 17.6 Å². The number of rotatable bonds is 5. The van der Waals surface area contributed by atoms with Crippen LogP contribution in [-0.4, -0.2) is 16.6 Å². The van der Waals surface area contributed by atoms with Crippen molar-refractivity contribution in [3.05, 3.63) is 63.7 Å². The number of thioether (sulfide) groups is 1.